The Balaban J connectivity index is 1.82. The maximum atomic E-state index is 13.1. The quantitative estimate of drug-likeness (QED) is 0.538. The second kappa shape index (κ2) is 6.66. The normalized spacial score (nSPS) is 12.2. The fourth-order valence-electron chi connectivity index (χ4n) is 3.37. The van der Waals surface area contributed by atoms with Gasteiger partial charge in [0.15, 0.2) is 11.6 Å². The lowest BCUT2D eigenvalue weighted by molar-refractivity contribution is 0.0979. The summed E-state index contributed by atoms with van der Waals surface area (Å²) < 4.78 is 5.22. The molecule has 6 nitrogen and oxygen atoms in total. The molecule has 0 aromatic heterocycles. The van der Waals surface area contributed by atoms with Crippen LogP contribution in [0.3, 0.4) is 0 Å². The van der Waals surface area contributed by atoms with Gasteiger partial charge < -0.3 is 15.8 Å². The van der Waals surface area contributed by atoms with E-state index in [0.717, 1.165) is 0 Å². The molecule has 0 saturated carbocycles. The van der Waals surface area contributed by atoms with Crippen LogP contribution in [0.25, 0.3) is 0 Å². The van der Waals surface area contributed by atoms with Gasteiger partial charge in [0, 0.05) is 16.8 Å². The zero-order chi connectivity index (χ0) is 19.8. The molecule has 1 amide bonds. The van der Waals surface area contributed by atoms with E-state index in [0.29, 0.717) is 22.4 Å². The Morgan fingerprint density at radius 3 is 2.14 bits per heavy atom. The lowest BCUT2D eigenvalue weighted by Gasteiger charge is -2.22. The second-order valence-electron chi connectivity index (χ2n) is 6.31. The van der Waals surface area contributed by atoms with Gasteiger partial charge in [-0.15, -0.1) is 0 Å². The number of hydrogen-bond acceptors (Lipinski definition) is 5. The number of hydrogen-bond donors (Lipinski definition) is 2. The molecule has 3 aromatic rings. The Morgan fingerprint density at radius 2 is 1.46 bits per heavy atom. The highest BCUT2D eigenvalue weighted by atomic mass is 16.5. The summed E-state index contributed by atoms with van der Waals surface area (Å²) in [5, 5.41) is 2.72. The fourth-order valence-corrected chi connectivity index (χ4v) is 3.37. The molecule has 0 saturated heterocycles. The number of rotatable bonds is 3. The largest absolute Gasteiger partial charge is 0.496 e. The van der Waals surface area contributed by atoms with E-state index >= 15 is 0 Å². The van der Waals surface area contributed by atoms with Crippen LogP contribution in [0.2, 0.25) is 0 Å². The Hall–Kier alpha value is -3.93. The minimum atomic E-state index is -0.455. The smallest absolute Gasteiger partial charge is 0.259 e. The van der Waals surface area contributed by atoms with Gasteiger partial charge in [-0.3, -0.25) is 14.4 Å². The van der Waals surface area contributed by atoms with E-state index in [9.17, 15) is 14.4 Å². The number of ketones is 2. The summed E-state index contributed by atoms with van der Waals surface area (Å²) in [7, 11) is 1.47. The zero-order valence-corrected chi connectivity index (χ0v) is 15.0. The van der Waals surface area contributed by atoms with Crippen molar-refractivity contribution in [2.75, 3.05) is 18.2 Å². The Kier molecular flexibility index (Phi) is 4.16. The van der Waals surface area contributed by atoms with Crippen molar-refractivity contribution in [1.29, 1.82) is 0 Å². The third-order valence-corrected chi connectivity index (χ3v) is 4.71. The topological polar surface area (TPSA) is 98.5 Å². The number of nitrogen functional groups attached to an aromatic ring is 1. The number of benzene rings is 3. The molecule has 138 valence electrons. The maximum absolute atomic E-state index is 13.1. The fraction of sp³-hybridized carbons (Fsp3) is 0.0455. The minimum Gasteiger partial charge on any atom is -0.496 e. The van der Waals surface area contributed by atoms with Crippen LogP contribution in [0.4, 0.5) is 11.4 Å². The molecule has 0 radical (unpaired) electrons. The average molecular weight is 372 g/mol. The van der Waals surface area contributed by atoms with Crippen LogP contribution in [0, 0.1) is 0 Å². The van der Waals surface area contributed by atoms with Gasteiger partial charge in [0.1, 0.15) is 5.75 Å². The van der Waals surface area contributed by atoms with Gasteiger partial charge in [0.2, 0.25) is 0 Å². The van der Waals surface area contributed by atoms with Gasteiger partial charge in [-0.05, 0) is 24.3 Å². The number of amides is 1. The zero-order valence-electron chi connectivity index (χ0n) is 15.0. The van der Waals surface area contributed by atoms with Gasteiger partial charge in [-0.2, -0.15) is 0 Å². The maximum Gasteiger partial charge on any atom is 0.259 e. The summed E-state index contributed by atoms with van der Waals surface area (Å²) in [5.41, 5.74) is 7.55. The van der Waals surface area contributed by atoms with Crippen molar-refractivity contribution in [3.63, 3.8) is 0 Å². The molecule has 28 heavy (non-hydrogen) atoms. The molecule has 0 heterocycles. The Labute approximate surface area is 160 Å². The third kappa shape index (κ3) is 2.63. The highest BCUT2D eigenvalue weighted by molar-refractivity contribution is 6.32. The first-order valence-electron chi connectivity index (χ1n) is 8.58. The van der Waals surface area contributed by atoms with Gasteiger partial charge in [-0.25, -0.2) is 0 Å². The van der Waals surface area contributed by atoms with Crippen molar-refractivity contribution in [1.82, 2.24) is 0 Å². The van der Waals surface area contributed by atoms with E-state index < -0.39 is 5.91 Å². The molecule has 1 aliphatic carbocycles. The van der Waals surface area contributed by atoms with Crippen molar-refractivity contribution in [3.8, 4) is 5.75 Å². The van der Waals surface area contributed by atoms with Crippen LogP contribution in [-0.4, -0.2) is 24.6 Å². The monoisotopic (exact) mass is 372 g/mol. The lowest BCUT2D eigenvalue weighted by Crippen LogP contribution is -2.25. The molecule has 0 atom stereocenters. The van der Waals surface area contributed by atoms with Crippen molar-refractivity contribution in [2.24, 2.45) is 0 Å². The van der Waals surface area contributed by atoms with Crippen LogP contribution in [0.1, 0.15) is 42.2 Å². The minimum absolute atomic E-state index is 0.104. The van der Waals surface area contributed by atoms with Crippen LogP contribution < -0.4 is 15.8 Å². The summed E-state index contributed by atoms with van der Waals surface area (Å²) in [6, 6.07) is 16.3. The molecule has 0 fully saturated rings. The summed E-state index contributed by atoms with van der Waals surface area (Å²) in [6.07, 6.45) is 0. The first-order valence-corrected chi connectivity index (χ1v) is 8.58. The molecule has 3 N–H and O–H groups in total. The molecule has 0 spiro atoms. The van der Waals surface area contributed by atoms with Gasteiger partial charge in [0.25, 0.3) is 5.91 Å². The van der Waals surface area contributed by atoms with E-state index in [1.807, 2.05) is 0 Å². The number of methoxy groups -OCH3 is 1. The molecule has 0 aliphatic heterocycles. The highest BCUT2D eigenvalue weighted by Crippen LogP contribution is 2.35. The van der Waals surface area contributed by atoms with Crippen LogP contribution in [0.5, 0.6) is 5.75 Å². The molecular formula is C22H16N2O4. The average Bonchev–Trinajstić information content (AvgIpc) is 2.73. The van der Waals surface area contributed by atoms with E-state index in [1.54, 1.807) is 48.5 Å². The summed E-state index contributed by atoms with van der Waals surface area (Å²) in [5.74, 6) is -0.746. The SMILES string of the molecule is COc1ccccc1C(=O)Nc1ccc(N)c2c1C(=O)c1ccccc1C2=O. The molecular weight excluding hydrogens is 356 g/mol. The molecule has 1 aliphatic rings. The molecule has 0 unspecified atom stereocenters. The van der Waals surface area contributed by atoms with Gasteiger partial charge in [0.05, 0.1) is 29.5 Å². The second-order valence-corrected chi connectivity index (χ2v) is 6.31. The number of para-hydroxylation sites is 1. The predicted molar refractivity (Wildman–Crippen MR) is 105 cm³/mol. The standard InChI is InChI=1S/C22H16N2O4/c1-28-17-9-5-4-8-14(17)22(27)24-16-11-10-15(23)18-19(16)21(26)13-7-3-2-6-12(13)20(18)25/h2-11H,23H2,1H3,(H,24,27). The predicted octanol–water partition coefficient (Wildman–Crippen LogP) is 3.31. The van der Waals surface area contributed by atoms with E-state index in [1.165, 1.54) is 19.2 Å². The third-order valence-electron chi connectivity index (χ3n) is 4.71. The van der Waals surface area contributed by atoms with E-state index in [2.05, 4.69) is 5.32 Å². The van der Waals surface area contributed by atoms with Crippen LogP contribution in [0.15, 0.2) is 60.7 Å². The molecule has 0 bridgehead atoms. The Bertz CT molecular complexity index is 1150. The molecule has 6 heteroatoms. The Morgan fingerprint density at radius 1 is 0.857 bits per heavy atom. The van der Waals surface area contributed by atoms with Crippen molar-refractivity contribution in [3.05, 3.63) is 88.5 Å². The molecule has 4 rings (SSSR count). The van der Waals surface area contributed by atoms with Crippen molar-refractivity contribution in [2.45, 2.75) is 0 Å². The van der Waals surface area contributed by atoms with Crippen molar-refractivity contribution < 1.29 is 19.1 Å². The van der Waals surface area contributed by atoms with Gasteiger partial charge in [-0.1, -0.05) is 36.4 Å². The number of carbonyl (C=O) groups is 3. The van der Waals surface area contributed by atoms with Crippen LogP contribution >= 0.6 is 0 Å². The van der Waals surface area contributed by atoms with E-state index in [4.69, 9.17) is 10.5 Å². The number of carbonyl (C=O) groups excluding carboxylic acids is 3. The lowest BCUT2D eigenvalue weighted by atomic mass is 9.82. The number of anilines is 2. The van der Waals surface area contributed by atoms with Crippen LogP contribution in [-0.2, 0) is 0 Å². The summed E-state index contributed by atoms with van der Waals surface area (Å²) in [4.78, 5) is 38.8. The van der Waals surface area contributed by atoms with Crippen molar-refractivity contribution >= 4 is 28.8 Å². The number of nitrogens with two attached hydrogens (primary N) is 1. The summed E-state index contributed by atoms with van der Waals surface area (Å²) >= 11 is 0. The first-order chi connectivity index (χ1) is 13.5. The van der Waals surface area contributed by atoms with E-state index in [-0.39, 0.29) is 34.1 Å². The molecule has 3 aromatic carbocycles. The number of nitrogens with one attached hydrogen (secondary N) is 1. The highest BCUT2D eigenvalue weighted by Gasteiger charge is 2.33. The number of ether oxygens (including phenoxy) is 1. The first kappa shape index (κ1) is 17.5. The summed E-state index contributed by atoms with van der Waals surface area (Å²) in [6.45, 7) is 0. The van der Waals surface area contributed by atoms with Gasteiger partial charge >= 0.3 is 0 Å². The number of fused-ring (bicyclic) bond motifs is 2.